The van der Waals surface area contributed by atoms with Crippen LogP contribution in [-0.4, -0.2) is 52.9 Å². The largest absolute Gasteiger partial charge is 0.488 e. The standard InChI is InChI=1S/C23H27N5O3/c1-15-9-19(20(12-25-15)31-14-23(30-2)6-7-24-13-23)17-5-8-28-18(10-17)11-21(27-28)26-22(29)16-3-4-16/h5,8-12,16,24H,3-4,6-7,13-14H2,1-2H3,(H,26,27,29)/t23-/m1/s1. The van der Waals surface area contributed by atoms with Gasteiger partial charge in [0, 0.05) is 43.1 Å². The van der Waals surface area contributed by atoms with Gasteiger partial charge < -0.3 is 20.1 Å². The van der Waals surface area contributed by atoms with Gasteiger partial charge in [-0.2, -0.15) is 5.10 Å². The monoisotopic (exact) mass is 421 g/mol. The summed E-state index contributed by atoms with van der Waals surface area (Å²) >= 11 is 0. The highest BCUT2D eigenvalue weighted by Crippen LogP contribution is 2.33. The highest BCUT2D eigenvalue weighted by atomic mass is 16.5. The fraction of sp³-hybridized carbons (Fsp3) is 0.435. The maximum absolute atomic E-state index is 12.1. The second kappa shape index (κ2) is 7.94. The molecule has 0 aromatic carbocycles. The van der Waals surface area contributed by atoms with Gasteiger partial charge in [0.1, 0.15) is 18.0 Å². The van der Waals surface area contributed by atoms with Crippen LogP contribution >= 0.6 is 0 Å². The van der Waals surface area contributed by atoms with Gasteiger partial charge in [-0.25, -0.2) is 4.52 Å². The van der Waals surface area contributed by atoms with E-state index in [4.69, 9.17) is 9.47 Å². The number of ether oxygens (including phenoxy) is 2. The summed E-state index contributed by atoms with van der Waals surface area (Å²) in [6, 6.07) is 7.96. The summed E-state index contributed by atoms with van der Waals surface area (Å²) in [5.41, 5.74) is 3.47. The number of nitrogens with one attached hydrogen (secondary N) is 2. The van der Waals surface area contributed by atoms with Crippen LogP contribution in [0.5, 0.6) is 5.75 Å². The van der Waals surface area contributed by atoms with Crippen molar-refractivity contribution in [1.29, 1.82) is 0 Å². The van der Waals surface area contributed by atoms with E-state index in [2.05, 4.69) is 20.7 Å². The number of pyridine rings is 2. The topological polar surface area (TPSA) is 89.8 Å². The Labute approximate surface area is 181 Å². The van der Waals surface area contributed by atoms with Crippen molar-refractivity contribution >= 4 is 17.2 Å². The molecule has 4 heterocycles. The van der Waals surface area contributed by atoms with Crippen LogP contribution in [0.2, 0.25) is 0 Å². The third kappa shape index (κ3) is 4.13. The van der Waals surface area contributed by atoms with Crippen LogP contribution in [0.3, 0.4) is 0 Å². The molecule has 3 aromatic heterocycles. The highest BCUT2D eigenvalue weighted by Gasteiger charge is 2.35. The quantitative estimate of drug-likeness (QED) is 0.610. The number of rotatable bonds is 7. The van der Waals surface area contributed by atoms with Gasteiger partial charge in [-0.05, 0) is 56.5 Å². The van der Waals surface area contributed by atoms with Crippen LogP contribution in [0.25, 0.3) is 16.6 Å². The predicted molar refractivity (Wildman–Crippen MR) is 117 cm³/mol. The zero-order chi connectivity index (χ0) is 21.4. The number of hydrogen-bond donors (Lipinski definition) is 2. The SMILES string of the molecule is CO[C@]1(COc2cnc(C)cc2-c2ccn3nc(NC(=O)C4CC4)cc3c2)CCNC1. The molecule has 0 spiro atoms. The lowest BCUT2D eigenvalue weighted by Gasteiger charge is -2.27. The van der Waals surface area contributed by atoms with Crippen molar-refractivity contribution in [3.8, 4) is 16.9 Å². The number of fused-ring (bicyclic) bond motifs is 1. The normalized spacial score (nSPS) is 20.8. The molecule has 0 unspecified atom stereocenters. The molecule has 2 aliphatic rings. The van der Waals surface area contributed by atoms with Crippen molar-refractivity contribution in [3.05, 3.63) is 42.4 Å². The first-order valence-corrected chi connectivity index (χ1v) is 10.7. The zero-order valence-corrected chi connectivity index (χ0v) is 17.9. The van der Waals surface area contributed by atoms with Crippen molar-refractivity contribution in [2.75, 3.05) is 32.1 Å². The summed E-state index contributed by atoms with van der Waals surface area (Å²) in [6.07, 6.45) is 6.52. The Kier molecular flexibility index (Phi) is 5.11. The Morgan fingerprint density at radius 3 is 2.97 bits per heavy atom. The minimum atomic E-state index is -0.313. The molecule has 2 fully saturated rings. The van der Waals surface area contributed by atoms with E-state index < -0.39 is 0 Å². The van der Waals surface area contributed by atoms with Crippen LogP contribution in [0, 0.1) is 12.8 Å². The number of aryl methyl sites for hydroxylation is 1. The van der Waals surface area contributed by atoms with Gasteiger partial charge >= 0.3 is 0 Å². The zero-order valence-electron chi connectivity index (χ0n) is 17.9. The lowest BCUT2D eigenvalue weighted by Crippen LogP contribution is -2.40. The first kappa shape index (κ1) is 20.0. The molecule has 162 valence electrons. The molecule has 5 rings (SSSR count). The summed E-state index contributed by atoms with van der Waals surface area (Å²) in [6.45, 7) is 4.12. The summed E-state index contributed by atoms with van der Waals surface area (Å²) in [4.78, 5) is 16.5. The second-order valence-corrected chi connectivity index (χ2v) is 8.50. The molecule has 8 nitrogen and oxygen atoms in total. The molecule has 3 aromatic rings. The summed E-state index contributed by atoms with van der Waals surface area (Å²) in [7, 11) is 1.73. The molecule has 1 saturated carbocycles. The number of hydrogen-bond acceptors (Lipinski definition) is 6. The Hall–Kier alpha value is -2.97. The molecule has 1 saturated heterocycles. The molecule has 0 radical (unpaired) electrons. The number of aromatic nitrogens is 3. The number of amides is 1. The van der Waals surface area contributed by atoms with Gasteiger partial charge in [0.05, 0.1) is 11.7 Å². The lowest BCUT2D eigenvalue weighted by molar-refractivity contribution is -0.117. The van der Waals surface area contributed by atoms with E-state index >= 15 is 0 Å². The second-order valence-electron chi connectivity index (χ2n) is 8.50. The number of nitrogens with zero attached hydrogens (tertiary/aromatic N) is 3. The number of carbonyl (C=O) groups is 1. The van der Waals surface area contributed by atoms with E-state index in [-0.39, 0.29) is 17.4 Å². The van der Waals surface area contributed by atoms with E-state index in [9.17, 15) is 4.79 Å². The van der Waals surface area contributed by atoms with Crippen LogP contribution in [-0.2, 0) is 9.53 Å². The number of anilines is 1. The maximum Gasteiger partial charge on any atom is 0.228 e. The average Bonchev–Trinajstić information content (AvgIpc) is 3.39. The van der Waals surface area contributed by atoms with Gasteiger partial charge in [-0.3, -0.25) is 9.78 Å². The highest BCUT2D eigenvalue weighted by molar-refractivity contribution is 5.93. The summed E-state index contributed by atoms with van der Waals surface area (Å²) in [5, 5.41) is 10.7. The molecule has 2 N–H and O–H groups in total. The third-order valence-electron chi connectivity index (χ3n) is 6.11. The molecule has 1 aliphatic carbocycles. The Balaban J connectivity index is 1.41. The van der Waals surface area contributed by atoms with Crippen LogP contribution in [0.15, 0.2) is 36.7 Å². The Bertz CT molecular complexity index is 1120. The molecular formula is C23H27N5O3. The summed E-state index contributed by atoms with van der Waals surface area (Å²) in [5.74, 6) is 1.50. The number of carbonyl (C=O) groups excluding carboxylic acids is 1. The molecule has 1 atom stereocenters. The Morgan fingerprint density at radius 2 is 2.23 bits per heavy atom. The minimum absolute atomic E-state index is 0.0533. The van der Waals surface area contributed by atoms with Gasteiger partial charge in [0.2, 0.25) is 5.91 Å². The molecule has 1 amide bonds. The smallest absolute Gasteiger partial charge is 0.228 e. The Morgan fingerprint density at radius 1 is 1.35 bits per heavy atom. The third-order valence-corrected chi connectivity index (χ3v) is 6.11. The summed E-state index contributed by atoms with van der Waals surface area (Å²) < 4.78 is 13.7. The van der Waals surface area contributed by atoms with E-state index in [0.29, 0.717) is 12.4 Å². The van der Waals surface area contributed by atoms with Crippen LogP contribution < -0.4 is 15.4 Å². The van der Waals surface area contributed by atoms with Gasteiger partial charge in [-0.15, -0.1) is 0 Å². The number of methoxy groups -OCH3 is 1. The molecule has 0 bridgehead atoms. The minimum Gasteiger partial charge on any atom is -0.488 e. The van der Waals surface area contributed by atoms with Crippen molar-refractivity contribution < 1.29 is 14.3 Å². The van der Waals surface area contributed by atoms with Crippen molar-refractivity contribution in [2.24, 2.45) is 5.92 Å². The molecule has 1 aliphatic heterocycles. The van der Waals surface area contributed by atoms with E-state index in [0.717, 1.165) is 60.4 Å². The van der Waals surface area contributed by atoms with Crippen LogP contribution in [0.4, 0.5) is 5.82 Å². The first-order chi connectivity index (χ1) is 15.0. The first-order valence-electron chi connectivity index (χ1n) is 10.7. The fourth-order valence-corrected chi connectivity index (χ4v) is 3.97. The molecule has 31 heavy (non-hydrogen) atoms. The van der Waals surface area contributed by atoms with Crippen molar-refractivity contribution in [2.45, 2.75) is 31.8 Å². The molecular weight excluding hydrogens is 394 g/mol. The van der Waals surface area contributed by atoms with Gasteiger partial charge in [-0.1, -0.05) is 0 Å². The average molecular weight is 422 g/mol. The van der Waals surface area contributed by atoms with E-state index in [1.807, 2.05) is 37.4 Å². The van der Waals surface area contributed by atoms with Crippen molar-refractivity contribution in [1.82, 2.24) is 19.9 Å². The van der Waals surface area contributed by atoms with Crippen molar-refractivity contribution in [3.63, 3.8) is 0 Å². The fourth-order valence-electron chi connectivity index (χ4n) is 3.97. The van der Waals surface area contributed by atoms with E-state index in [1.54, 1.807) is 17.8 Å². The predicted octanol–water partition coefficient (Wildman–Crippen LogP) is 2.81. The van der Waals surface area contributed by atoms with Gasteiger partial charge in [0.25, 0.3) is 0 Å². The lowest BCUT2D eigenvalue weighted by atomic mass is 10.0. The van der Waals surface area contributed by atoms with E-state index in [1.165, 1.54) is 0 Å². The maximum atomic E-state index is 12.1. The van der Waals surface area contributed by atoms with Crippen LogP contribution in [0.1, 0.15) is 25.0 Å². The van der Waals surface area contributed by atoms with Gasteiger partial charge in [0.15, 0.2) is 5.82 Å². The molecule has 8 heteroatoms.